The summed E-state index contributed by atoms with van der Waals surface area (Å²) in [6.45, 7) is 1.92. The van der Waals surface area contributed by atoms with Crippen LogP contribution in [0.25, 0.3) is 0 Å². The molecule has 3 rings (SSSR count). The van der Waals surface area contributed by atoms with E-state index in [0.717, 1.165) is 6.07 Å². The maximum absolute atomic E-state index is 13.6. The van der Waals surface area contributed by atoms with E-state index in [-0.39, 0.29) is 37.8 Å². The summed E-state index contributed by atoms with van der Waals surface area (Å²) in [7, 11) is 0. The molecule has 1 fully saturated rings. The minimum Gasteiger partial charge on any atom is -0.484 e. The molecule has 2 amide bonds. The minimum absolute atomic E-state index is 0.0981. The van der Waals surface area contributed by atoms with E-state index in [0.29, 0.717) is 30.7 Å². The number of carbonyl (C=O) groups is 2. The van der Waals surface area contributed by atoms with Gasteiger partial charge in [0.1, 0.15) is 5.75 Å². The van der Waals surface area contributed by atoms with Gasteiger partial charge in [-0.1, -0.05) is 31.2 Å². The zero-order valence-corrected chi connectivity index (χ0v) is 18.3. The number of likely N-dealkylation sites (tertiary alicyclic amines) is 1. The number of rotatable bonds is 8. The fourth-order valence-corrected chi connectivity index (χ4v) is 3.90. The third-order valence-corrected chi connectivity index (χ3v) is 5.55. The van der Waals surface area contributed by atoms with Crippen molar-refractivity contribution in [2.75, 3.05) is 24.6 Å². The number of halogens is 3. The second-order valence-electron chi connectivity index (χ2n) is 7.90. The lowest BCUT2D eigenvalue weighted by Gasteiger charge is -2.31. The zero-order valence-electron chi connectivity index (χ0n) is 18.3. The summed E-state index contributed by atoms with van der Waals surface area (Å²) in [4.78, 5) is 28.2. The number of ether oxygens (including phenoxy) is 1. The number of alkyl halides is 3. The van der Waals surface area contributed by atoms with Crippen LogP contribution in [0.4, 0.5) is 18.9 Å². The molecule has 9 heteroatoms. The third kappa shape index (κ3) is 6.04. The average Bonchev–Trinajstić information content (AvgIpc) is 3.27. The molecule has 33 heavy (non-hydrogen) atoms. The van der Waals surface area contributed by atoms with E-state index in [9.17, 15) is 22.8 Å². The number of anilines is 1. The van der Waals surface area contributed by atoms with Gasteiger partial charge in [0.05, 0.1) is 23.9 Å². The van der Waals surface area contributed by atoms with Gasteiger partial charge in [-0.3, -0.25) is 9.59 Å². The SMILES string of the molecule is CCCC(=O)N(c1ccccc1C(F)(F)F)C1CCN(C(=O)COc2ccc(CO)cc2)C1. The fraction of sp³-hybridized carbons (Fsp3) is 0.417. The number of carbonyl (C=O) groups excluding carboxylic acids is 2. The predicted molar refractivity (Wildman–Crippen MR) is 117 cm³/mol. The van der Waals surface area contributed by atoms with Crippen LogP contribution in [0.3, 0.4) is 0 Å². The van der Waals surface area contributed by atoms with Crippen LogP contribution in [-0.2, 0) is 22.4 Å². The lowest BCUT2D eigenvalue weighted by molar-refractivity contribution is -0.137. The van der Waals surface area contributed by atoms with Crippen molar-refractivity contribution < 1.29 is 32.6 Å². The Labute approximate surface area is 190 Å². The highest BCUT2D eigenvalue weighted by Gasteiger charge is 2.39. The van der Waals surface area contributed by atoms with Crippen molar-refractivity contribution in [1.82, 2.24) is 4.90 Å². The molecule has 0 aliphatic carbocycles. The Morgan fingerprint density at radius 3 is 2.48 bits per heavy atom. The Bertz CT molecular complexity index is 963. The van der Waals surface area contributed by atoms with Crippen LogP contribution in [0.2, 0.25) is 0 Å². The summed E-state index contributed by atoms with van der Waals surface area (Å²) in [5.41, 5.74) is -0.330. The number of benzene rings is 2. The first-order valence-corrected chi connectivity index (χ1v) is 10.8. The number of aliphatic hydroxyl groups excluding tert-OH is 1. The maximum Gasteiger partial charge on any atom is 0.418 e. The zero-order chi connectivity index (χ0) is 24.0. The molecule has 1 aliphatic rings. The molecule has 1 atom stereocenters. The van der Waals surface area contributed by atoms with Crippen LogP contribution in [0.5, 0.6) is 5.75 Å². The largest absolute Gasteiger partial charge is 0.484 e. The van der Waals surface area contributed by atoms with Crippen LogP contribution < -0.4 is 9.64 Å². The summed E-state index contributed by atoms with van der Waals surface area (Å²) in [6, 6.07) is 11.1. The molecule has 2 aromatic carbocycles. The van der Waals surface area contributed by atoms with E-state index in [1.807, 2.05) is 0 Å². The predicted octanol–water partition coefficient (Wildman–Crippen LogP) is 4.01. The van der Waals surface area contributed by atoms with Gasteiger partial charge in [-0.25, -0.2) is 0 Å². The molecule has 1 saturated heterocycles. The van der Waals surface area contributed by atoms with Crippen molar-refractivity contribution in [3.63, 3.8) is 0 Å². The molecule has 1 N–H and O–H groups in total. The topological polar surface area (TPSA) is 70.1 Å². The molecule has 1 heterocycles. The lowest BCUT2D eigenvalue weighted by Crippen LogP contribution is -2.44. The molecule has 178 valence electrons. The van der Waals surface area contributed by atoms with Gasteiger partial charge in [0.15, 0.2) is 6.61 Å². The standard InChI is InChI=1S/C24H27F3N2O4/c1-2-5-22(31)29(21-7-4-3-6-20(21)24(25,26)27)18-12-13-28(14-18)23(32)16-33-19-10-8-17(15-30)9-11-19/h3-4,6-11,18,30H,2,5,12-16H2,1H3. The molecule has 6 nitrogen and oxygen atoms in total. The van der Waals surface area contributed by atoms with Gasteiger partial charge >= 0.3 is 6.18 Å². The highest BCUT2D eigenvalue weighted by Crippen LogP contribution is 2.38. The van der Waals surface area contributed by atoms with Crippen LogP contribution in [0.15, 0.2) is 48.5 Å². The molecular formula is C24H27F3N2O4. The van der Waals surface area contributed by atoms with Gasteiger partial charge in [0.25, 0.3) is 5.91 Å². The van der Waals surface area contributed by atoms with E-state index in [1.165, 1.54) is 28.0 Å². The number of amides is 2. The highest BCUT2D eigenvalue weighted by molar-refractivity contribution is 5.95. The Balaban J connectivity index is 1.72. The Hall–Kier alpha value is -3.07. The van der Waals surface area contributed by atoms with Crippen molar-refractivity contribution >= 4 is 17.5 Å². The average molecular weight is 464 g/mol. The van der Waals surface area contributed by atoms with E-state index < -0.39 is 23.7 Å². The summed E-state index contributed by atoms with van der Waals surface area (Å²) in [5, 5.41) is 9.08. The molecule has 0 saturated carbocycles. The Morgan fingerprint density at radius 1 is 1.15 bits per heavy atom. The van der Waals surface area contributed by atoms with Crippen molar-refractivity contribution in [3.05, 3.63) is 59.7 Å². The molecule has 1 aliphatic heterocycles. The second-order valence-corrected chi connectivity index (χ2v) is 7.90. The summed E-state index contributed by atoms with van der Waals surface area (Å²) < 4.78 is 46.4. The number of nitrogens with zero attached hydrogens (tertiary/aromatic N) is 2. The third-order valence-electron chi connectivity index (χ3n) is 5.55. The fourth-order valence-electron chi connectivity index (χ4n) is 3.90. The molecule has 1 unspecified atom stereocenters. The smallest absolute Gasteiger partial charge is 0.418 e. The molecule has 0 radical (unpaired) electrons. The van der Waals surface area contributed by atoms with Gasteiger partial charge in [0, 0.05) is 19.5 Å². The molecule has 0 spiro atoms. The first-order valence-electron chi connectivity index (χ1n) is 10.8. The Morgan fingerprint density at radius 2 is 1.85 bits per heavy atom. The van der Waals surface area contributed by atoms with Gasteiger partial charge in [-0.15, -0.1) is 0 Å². The minimum atomic E-state index is -4.60. The van der Waals surface area contributed by atoms with Gasteiger partial charge < -0.3 is 19.6 Å². The van der Waals surface area contributed by atoms with E-state index in [2.05, 4.69) is 0 Å². The summed E-state index contributed by atoms with van der Waals surface area (Å²) >= 11 is 0. The van der Waals surface area contributed by atoms with Crippen LogP contribution >= 0.6 is 0 Å². The molecule has 0 aromatic heterocycles. The first kappa shape index (κ1) is 24.6. The van der Waals surface area contributed by atoms with Crippen LogP contribution in [0.1, 0.15) is 37.3 Å². The van der Waals surface area contributed by atoms with E-state index in [4.69, 9.17) is 9.84 Å². The Kier molecular flexibility index (Phi) is 7.97. The molecular weight excluding hydrogens is 437 g/mol. The van der Waals surface area contributed by atoms with Gasteiger partial charge in [0.2, 0.25) is 5.91 Å². The normalized spacial score (nSPS) is 16.0. The van der Waals surface area contributed by atoms with Gasteiger partial charge in [-0.05, 0) is 42.7 Å². The van der Waals surface area contributed by atoms with Crippen molar-refractivity contribution in [2.24, 2.45) is 0 Å². The number of hydrogen-bond acceptors (Lipinski definition) is 4. The lowest BCUT2D eigenvalue weighted by atomic mass is 10.1. The van der Waals surface area contributed by atoms with Crippen LogP contribution in [-0.4, -0.2) is 47.6 Å². The van der Waals surface area contributed by atoms with Crippen molar-refractivity contribution in [2.45, 2.75) is 45.0 Å². The van der Waals surface area contributed by atoms with Crippen molar-refractivity contribution in [3.8, 4) is 5.75 Å². The summed E-state index contributed by atoms with van der Waals surface area (Å²) in [6.07, 6.45) is -3.61. The monoisotopic (exact) mass is 464 g/mol. The van der Waals surface area contributed by atoms with Gasteiger partial charge in [-0.2, -0.15) is 13.2 Å². The van der Waals surface area contributed by atoms with Crippen molar-refractivity contribution in [1.29, 1.82) is 0 Å². The second kappa shape index (κ2) is 10.7. The number of para-hydroxylation sites is 1. The molecule has 0 bridgehead atoms. The number of hydrogen-bond donors (Lipinski definition) is 1. The first-order chi connectivity index (χ1) is 15.7. The maximum atomic E-state index is 13.6. The van der Waals surface area contributed by atoms with Crippen LogP contribution in [0, 0.1) is 0 Å². The molecule has 2 aromatic rings. The van der Waals surface area contributed by atoms with E-state index in [1.54, 1.807) is 31.2 Å². The van der Waals surface area contributed by atoms with E-state index >= 15 is 0 Å². The number of aliphatic hydroxyl groups is 1. The quantitative estimate of drug-likeness (QED) is 0.641. The summed E-state index contributed by atoms with van der Waals surface area (Å²) in [5.74, 6) is -0.236. The highest BCUT2D eigenvalue weighted by atomic mass is 19.4.